The zero-order valence-electron chi connectivity index (χ0n) is 20.1. The van der Waals surface area contributed by atoms with E-state index < -0.39 is 11.8 Å². The summed E-state index contributed by atoms with van der Waals surface area (Å²) in [5.41, 5.74) is 1.90. The topological polar surface area (TPSA) is 67.9 Å². The van der Waals surface area contributed by atoms with Crippen LogP contribution in [0.5, 0.6) is 11.5 Å². The lowest BCUT2D eigenvalue weighted by Crippen LogP contribution is -2.54. The number of nitrogens with one attached hydrogen (secondary N) is 1. The summed E-state index contributed by atoms with van der Waals surface area (Å²) in [4.78, 5) is 27.3. The number of anilines is 1. The Morgan fingerprint density at radius 3 is 2.61 bits per heavy atom. The van der Waals surface area contributed by atoms with E-state index in [-0.39, 0.29) is 38.8 Å². The van der Waals surface area contributed by atoms with Gasteiger partial charge in [-0.15, -0.1) is 6.58 Å². The molecule has 1 fully saturated rings. The fraction of sp³-hybridized carbons (Fsp3) is 0.107. The van der Waals surface area contributed by atoms with E-state index in [0.29, 0.717) is 34.6 Å². The van der Waals surface area contributed by atoms with Gasteiger partial charge in [-0.25, -0.2) is 4.39 Å². The zero-order valence-corrected chi connectivity index (χ0v) is 22.4. The Kier molecular flexibility index (Phi) is 8.46. The summed E-state index contributed by atoms with van der Waals surface area (Å²) < 4.78 is 25.1. The Bertz CT molecular complexity index is 1490. The van der Waals surface area contributed by atoms with Crippen molar-refractivity contribution < 1.29 is 23.5 Å². The Labute approximate surface area is 234 Å². The van der Waals surface area contributed by atoms with Gasteiger partial charge in [0.05, 0.1) is 22.8 Å². The highest BCUT2D eigenvalue weighted by molar-refractivity contribution is 7.80. The molecule has 2 amide bonds. The van der Waals surface area contributed by atoms with Crippen molar-refractivity contribution in [3.63, 3.8) is 0 Å². The van der Waals surface area contributed by atoms with Gasteiger partial charge in [0.1, 0.15) is 18.0 Å². The second-order valence-electron chi connectivity index (χ2n) is 8.15. The van der Waals surface area contributed by atoms with Gasteiger partial charge in [0.25, 0.3) is 11.8 Å². The SMILES string of the molecule is C=CCc1cc(/C=C2\C(=O)NC(=S)N(c3cccc(Cl)c3Cl)C2=O)cc(OC)c1OCc1cccc(F)c1. The maximum Gasteiger partial charge on any atom is 0.270 e. The smallest absolute Gasteiger partial charge is 0.270 e. The van der Waals surface area contributed by atoms with Crippen LogP contribution in [0.2, 0.25) is 10.0 Å². The highest BCUT2D eigenvalue weighted by Crippen LogP contribution is 2.37. The lowest BCUT2D eigenvalue weighted by molar-refractivity contribution is -0.122. The number of thiocarbonyl (C=S) groups is 1. The number of benzene rings is 3. The van der Waals surface area contributed by atoms with Gasteiger partial charge in [0.15, 0.2) is 16.6 Å². The van der Waals surface area contributed by atoms with Crippen LogP contribution in [0.4, 0.5) is 10.1 Å². The molecule has 1 N–H and O–H groups in total. The monoisotopic (exact) mass is 570 g/mol. The molecule has 0 aromatic heterocycles. The van der Waals surface area contributed by atoms with Crippen molar-refractivity contribution in [2.75, 3.05) is 12.0 Å². The first-order chi connectivity index (χ1) is 18.2. The number of rotatable bonds is 8. The fourth-order valence-electron chi connectivity index (χ4n) is 3.88. The summed E-state index contributed by atoms with van der Waals surface area (Å²) in [6, 6.07) is 14.2. The average molecular weight is 571 g/mol. The van der Waals surface area contributed by atoms with Crippen LogP contribution in [0.1, 0.15) is 16.7 Å². The van der Waals surface area contributed by atoms with Crippen LogP contribution < -0.4 is 19.7 Å². The Morgan fingerprint density at radius 2 is 1.89 bits per heavy atom. The minimum atomic E-state index is -0.668. The molecule has 3 aromatic carbocycles. The van der Waals surface area contributed by atoms with Crippen LogP contribution in [-0.4, -0.2) is 24.0 Å². The minimum absolute atomic E-state index is 0.104. The zero-order chi connectivity index (χ0) is 27.4. The fourth-order valence-corrected chi connectivity index (χ4v) is 4.53. The van der Waals surface area contributed by atoms with Crippen molar-refractivity contribution >= 4 is 64.1 Å². The maximum atomic E-state index is 13.6. The molecule has 1 heterocycles. The third-order valence-electron chi connectivity index (χ3n) is 5.60. The highest BCUT2D eigenvalue weighted by atomic mass is 35.5. The van der Waals surface area contributed by atoms with E-state index in [9.17, 15) is 14.0 Å². The number of amides is 2. The Hall–Kier alpha value is -3.72. The summed E-state index contributed by atoms with van der Waals surface area (Å²) in [7, 11) is 1.47. The van der Waals surface area contributed by atoms with Gasteiger partial charge >= 0.3 is 0 Å². The first-order valence-corrected chi connectivity index (χ1v) is 12.4. The van der Waals surface area contributed by atoms with Crippen molar-refractivity contribution in [3.8, 4) is 11.5 Å². The summed E-state index contributed by atoms with van der Waals surface area (Å²) in [5.74, 6) is -0.897. The van der Waals surface area contributed by atoms with Gasteiger partial charge in [-0.2, -0.15) is 0 Å². The summed E-state index contributed by atoms with van der Waals surface area (Å²) >= 11 is 17.7. The minimum Gasteiger partial charge on any atom is -0.493 e. The van der Waals surface area contributed by atoms with Crippen LogP contribution in [-0.2, 0) is 22.6 Å². The number of ether oxygens (including phenoxy) is 2. The molecule has 0 unspecified atom stereocenters. The number of carbonyl (C=O) groups is 2. The van der Waals surface area contributed by atoms with Crippen molar-refractivity contribution in [2.24, 2.45) is 0 Å². The highest BCUT2D eigenvalue weighted by Gasteiger charge is 2.35. The van der Waals surface area contributed by atoms with E-state index in [0.717, 1.165) is 4.90 Å². The molecule has 0 atom stereocenters. The van der Waals surface area contributed by atoms with Gasteiger partial charge in [-0.05, 0) is 72.2 Å². The summed E-state index contributed by atoms with van der Waals surface area (Å²) in [5, 5.41) is 2.76. The second kappa shape index (κ2) is 11.8. The molecule has 1 aliphatic heterocycles. The maximum absolute atomic E-state index is 13.6. The molecule has 4 rings (SSSR count). The molecule has 0 radical (unpaired) electrons. The predicted molar refractivity (Wildman–Crippen MR) is 150 cm³/mol. The van der Waals surface area contributed by atoms with E-state index in [1.807, 2.05) is 0 Å². The largest absolute Gasteiger partial charge is 0.493 e. The Morgan fingerprint density at radius 1 is 1.13 bits per heavy atom. The van der Waals surface area contributed by atoms with Crippen molar-refractivity contribution in [1.82, 2.24) is 5.32 Å². The molecule has 194 valence electrons. The first kappa shape index (κ1) is 27.3. The third-order valence-corrected chi connectivity index (χ3v) is 6.69. The molecule has 1 saturated heterocycles. The van der Waals surface area contributed by atoms with Gasteiger partial charge in [-0.1, -0.05) is 47.5 Å². The number of methoxy groups -OCH3 is 1. The first-order valence-electron chi connectivity index (χ1n) is 11.3. The van der Waals surface area contributed by atoms with Gasteiger partial charge in [0.2, 0.25) is 0 Å². The molecule has 1 aliphatic rings. The van der Waals surface area contributed by atoms with Crippen LogP contribution in [0, 0.1) is 5.82 Å². The third kappa shape index (κ3) is 5.72. The van der Waals surface area contributed by atoms with Crippen molar-refractivity contribution in [1.29, 1.82) is 0 Å². The van der Waals surface area contributed by atoms with E-state index >= 15 is 0 Å². The lowest BCUT2D eigenvalue weighted by Gasteiger charge is -2.29. The molecule has 0 aliphatic carbocycles. The Balaban J connectivity index is 1.72. The molecule has 6 nitrogen and oxygen atoms in total. The number of allylic oxidation sites excluding steroid dienone is 1. The molecular formula is C28H21Cl2FN2O4S. The predicted octanol–water partition coefficient (Wildman–Crippen LogP) is 6.28. The second-order valence-corrected chi connectivity index (χ2v) is 9.33. The lowest BCUT2D eigenvalue weighted by atomic mass is 10.0. The van der Waals surface area contributed by atoms with Crippen molar-refractivity contribution in [3.05, 3.63) is 105 Å². The normalized spacial score (nSPS) is 14.5. The quantitative estimate of drug-likeness (QED) is 0.149. The molecule has 0 spiro atoms. The van der Waals surface area contributed by atoms with E-state index in [1.165, 1.54) is 25.3 Å². The van der Waals surface area contributed by atoms with Crippen LogP contribution in [0.15, 0.2) is 72.8 Å². The summed E-state index contributed by atoms with van der Waals surface area (Å²) in [6.07, 6.45) is 3.51. The number of hydrogen-bond donors (Lipinski definition) is 1. The van der Waals surface area contributed by atoms with E-state index in [4.69, 9.17) is 44.9 Å². The standard InChI is InChI=1S/C28H21Cl2FN2O4S/c1-3-6-18-11-17(14-23(36-2)25(18)37-15-16-7-4-8-19(31)12-16)13-20-26(34)32-28(38)33(27(20)35)22-10-5-9-21(29)24(22)30/h3-5,7-14H,1,6,15H2,2H3,(H,32,34,38)/b20-13+. The molecule has 0 saturated carbocycles. The molecular weight excluding hydrogens is 550 g/mol. The molecule has 10 heteroatoms. The molecule has 3 aromatic rings. The van der Waals surface area contributed by atoms with Crippen LogP contribution >= 0.6 is 35.4 Å². The van der Waals surface area contributed by atoms with Crippen LogP contribution in [0.3, 0.4) is 0 Å². The van der Waals surface area contributed by atoms with Gasteiger partial charge in [-0.3, -0.25) is 19.8 Å². The van der Waals surface area contributed by atoms with Crippen LogP contribution in [0.25, 0.3) is 6.08 Å². The number of hydrogen-bond acceptors (Lipinski definition) is 5. The average Bonchev–Trinajstić information content (AvgIpc) is 2.88. The van der Waals surface area contributed by atoms with Gasteiger partial charge in [0, 0.05) is 5.56 Å². The molecule has 38 heavy (non-hydrogen) atoms. The molecule has 0 bridgehead atoms. The number of nitrogens with zero attached hydrogens (tertiary/aromatic N) is 1. The van der Waals surface area contributed by atoms with E-state index in [2.05, 4.69) is 11.9 Å². The van der Waals surface area contributed by atoms with Gasteiger partial charge < -0.3 is 9.47 Å². The number of carbonyl (C=O) groups excluding carboxylic acids is 2. The summed E-state index contributed by atoms with van der Waals surface area (Å²) in [6.45, 7) is 3.90. The van der Waals surface area contributed by atoms with E-state index in [1.54, 1.807) is 48.5 Å². The number of halogens is 3. The van der Waals surface area contributed by atoms with Crippen molar-refractivity contribution in [2.45, 2.75) is 13.0 Å².